The summed E-state index contributed by atoms with van der Waals surface area (Å²) in [4.78, 5) is 0. The first-order valence-corrected chi connectivity index (χ1v) is 4.98. The Kier molecular flexibility index (Phi) is 12.4. The van der Waals surface area contributed by atoms with Gasteiger partial charge in [0.05, 0.1) is 0 Å². The van der Waals surface area contributed by atoms with Crippen LogP contribution in [0.2, 0.25) is 0 Å². The highest BCUT2D eigenvalue weighted by molar-refractivity contribution is 7.80. The van der Waals surface area contributed by atoms with E-state index < -0.39 is 0 Å². The zero-order valence-electron chi connectivity index (χ0n) is 8.43. The molecular formula is C11H20S. The summed E-state index contributed by atoms with van der Waals surface area (Å²) in [6.07, 6.45) is 4.94. The maximum atomic E-state index is 4.07. The average Bonchev–Trinajstić information content (AvgIpc) is 2.16. The molecular weight excluding hydrogens is 164 g/mol. The molecule has 0 aromatic carbocycles. The van der Waals surface area contributed by atoms with E-state index in [9.17, 15) is 0 Å². The van der Waals surface area contributed by atoms with Gasteiger partial charge in [0, 0.05) is 5.75 Å². The van der Waals surface area contributed by atoms with Gasteiger partial charge in [-0.2, -0.15) is 12.6 Å². The fourth-order valence-corrected chi connectivity index (χ4v) is 0.512. The van der Waals surface area contributed by atoms with Crippen molar-refractivity contribution in [2.45, 2.75) is 27.2 Å². The topological polar surface area (TPSA) is 0 Å². The number of hydrogen-bond donors (Lipinski definition) is 1. The van der Waals surface area contributed by atoms with Crippen LogP contribution in [0.5, 0.6) is 0 Å². The van der Waals surface area contributed by atoms with Gasteiger partial charge in [-0.15, -0.1) is 0 Å². The Bertz CT molecular complexity index is 136. The predicted molar refractivity (Wildman–Crippen MR) is 62.9 cm³/mol. The number of rotatable bonds is 4. The van der Waals surface area contributed by atoms with Gasteiger partial charge in [0.25, 0.3) is 0 Å². The second-order valence-corrected chi connectivity index (χ2v) is 2.48. The van der Waals surface area contributed by atoms with Crippen LogP contribution in [-0.2, 0) is 0 Å². The maximum Gasteiger partial charge on any atom is 0.0148 e. The zero-order chi connectivity index (χ0) is 9.98. The van der Waals surface area contributed by atoms with Crippen molar-refractivity contribution in [3.63, 3.8) is 0 Å². The molecule has 12 heavy (non-hydrogen) atoms. The molecule has 0 rings (SSSR count). The smallest absolute Gasteiger partial charge is 0.0148 e. The summed E-state index contributed by atoms with van der Waals surface area (Å²) in [5.74, 6) is 0.716. The Labute approximate surface area is 82.5 Å². The first-order valence-electron chi connectivity index (χ1n) is 4.35. The Morgan fingerprint density at radius 3 is 1.92 bits per heavy atom. The van der Waals surface area contributed by atoms with Gasteiger partial charge in [-0.3, -0.25) is 0 Å². The van der Waals surface area contributed by atoms with Gasteiger partial charge < -0.3 is 0 Å². The minimum atomic E-state index is 0.716. The molecule has 1 heteroatoms. The normalized spacial score (nSPS) is 9.00. The summed E-state index contributed by atoms with van der Waals surface area (Å²) >= 11 is 4.07. The molecule has 0 aromatic heterocycles. The van der Waals surface area contributed by atoms with Crippen LogP contribution < -0.4 is 0 Å². The van der Waals surface area contributed by atoms with Gasteiger partial charge >= 0.3 is 0 Å². The van der Waals surface area contributed by atoms with Crippen molar-refractivity contribution in [1.82, 2.24) is 0 Å². The van der Waals surface area contributed by atoms with E-state index in [1.54, 1.807) is 0 Å². The number of thiol groups is 1. The fraction of sp³-hybridized carbons (Fsp3) is 0.455. The monoisotopic (exact) mass is 184 g/mol. The lowest BCUT2D eigenvalue weighted by Crippen LogP contribution is -1.75. The third-order valence-corrected chi connectivity index (χ3v) is 1.62. The third kappa shape index (κ3) is 9.57. The van der Waals surface area contributed by atoms with Crippen LogP contribution in [0, 0.1) is 0 Å². The SMILES string of the molecule is C=C(/C=C\C(=C)CS)CC.CC. The van der Waals surface area contributed by atoms with Crippen molar-refractivity contribution in [2.75, 3.05) is 5.75 Å². The molecule has 0 radical (unpaired) electrons. The summed E-state index contributed by atoms with van der Waals surface area (Å²) < 4.78 is 0. The van der Waals surface area contributed by atoms with Gasteiger partial charge in [0.2, 0.25) is 0 Å². The Hall–Kier alpha value is -0.430. The molecule has 0 aliphatic carbocycles. The molecule has 0 aliphatic rings. The summed E-state index contributed by atoms with van der Waals surface area (Å²) in [5, 5.41) is 0. The third-order valence-electron chi connectivity index (χ3n) is 1.21. The average molecular weight is 184 g/mol. The lowest BCUT2D eigenvalue weighted by atomic mass is 10.2. The molecule has 0 unspecified atom stereocenters. The summed E-state index contributed by atoms with van der Waals surface area (Å²) in [7, 11) is 0. The summed E-state index contributed by atoms with van der Waals surface area (Å²) in [6, 6.07) is 0. The molecule has 70 valence electrons. The number of allylic oxidation sites excluding steroid dienone is 3. The minimum absolute atomic E-state index is 0.716. The van der Waals surface area contributed by atoms with Crippen molar-refractivity contribution in [3.8, 4) is 0 Å². The molecule has 0 fully saturated rings. The lowest BCUT2D eigenvalue weighted by molar-refractivity contribution is 1.16. The second-order valence-electron chi connectivity index (χ2n) is 2.16. The molecule has 0 atom stereocenters. The van der Waals surface area contributed by atoms with E-state index in [1.165, 1.54) is 0 Å². The van der Waals surface area contributed by atoms with Crippen LogP contribution in [0.25, 0.3) is 0 Å². The van der Waals surface area contributed by atoms with Gasteiger partial charge in [0.1, 0.15) is 0 Å². The molecule has 0 N–H and O–H groups in total. The van der Waals surface area contributed by atoms with Crippen molar-refractivity contribution in [3.05, 3.63) is 36.5 Å². The first-order chi connectivity index (χ1) is 5.70. The van der Waals surface area contributed by atoms with Gasteiger partial charge in [-0.25, -0.2) is 0 Å². The van der Waals surface area contributed by atoms with E-state index >= 15 is 0 Å². The summed E-state index contributed by atoms with van der Waals surface area (Å²) in [5.41, 5.74) is 2.15. The molecule has 0 nitrogen and oxygen atoms in total. The maximum absolute atomic E-state index is 4.07. The first kappa shape index (κ1) is 14.1. The van der Waals surface area contributed by atoms with Crippen molar-refractivity contribution < 1.29 is 0 Å². The van der Waals surface area contributed by atoms with Crippen LogP contribution in [0.1, 0.15) is 27.2 Å². The highest BCUT2D eigenvalue weighted by atomic mass is 32.1. The standard InChI is InChI=1S/C9H14S.C2H6/c1-4-8(2)5-6-9(3)7-10;1-2/h5-6,10H,2-4,7H2,1H3;1-2H3/b6-5-;. The van der Waals surface area contributed by atoms with Crippen molar-refractivity contribution in [1.29, 1.82) is 0 Å². The van der Waals surface area contributed by atoms with Gasteiger partial charge in [0.15, 0.2) is 0 Å². The molecule has 0 aliphatic heterocycles. The van der Waals surface area contributed by atoms with E-state index in [2.05, 4.69) is 32.7 Å². The predicted octanol–water partition coefficient (Wildman–Crippen LogP) is 4.02. The molecule has 0 aromatic rings. The van der Waals surface area contributed by atoms with E-state index in [0.717, 1.165) is 17.6 Å². The van der Waals surface area contributed by atoms with Gasteiger partial charge in [-0.1, -0.05) is 51.7 Å². The highest BCUT2D eigenvalue weighted by Crippen LogP contribution is 2.02. The minimum Gasteiger partial charge on any atom is -0.175 e. The number of hydrogen-bond acceptors (Lipinski definition) is 1. The molecule has 0 amide bonds. The molecule has 0 saturated heterocycles. The van der Waals surface area contributed by atoms with Crippen molar-refractivity contribution >= 4 is 12.6 Å². The van der Waals surface area contributed by atoms with E-state index in [4.69, 9.17) is 0 Å². The van der Waals surface area contributed by atoms with E-state index in [0.29, 0.717) is 5.75 Å². The van der Waals surface area contributed by atoms with Crippen LogP contribution in [0.4, 0.5) is 0 Å². The lowest BCUT2D eigenvalue weighted by Gasteiger charge is -1.92. The van der Waals surface area contributed by atoms with Gasteiger partial charge in [-0.05, 0) is 12.0 Å². The van der Waals surface area contributed by atoms with Crippen LogP contribution in [0.3, 0.4) is 0 Å². The zero-order valence-corrected chi connectivity index (χ0v) is 9.32. The van der Waals surface area contributed by atoms with E-state index in [1.807, 2.05) is 26.0 Å². The molecule has 0 heterocycles. The van der Waals surface area contributed by atoms with Crippen molar-refractivity contribution in [2.24, 2.45) is 0 Å². The summed E-state index contributed by atoms with van der Waals surface area (Å²) in [6.45, 7) is 13.7. The quantitative estimate of drug-likeness (QED) is 0.495. The molecule has 0 saturated carbocycles. The van der Waals surface area contributed by atoms with Crippen LogP contribution in [-0.4, -0.2) is 5.75 Å². The molecule has 0 spiro atoms. The van der Waals surface area contributed by atoms with Crippen LogP contribution >= 0.6 is 12.6 Å². The largest absolute Gasteiger partial charge is 0.175 e. The van der Waals surface area contributed by atoms with E-state index in [-0.39, 0.29) is 0 Å². The Morgan fingerprint density at radius 2 is 1.58 bits per heavy atom. The second kappa shape index (κ2) is 10.6. The Morgan fingerprint density at radius 1 is 1.17 bits per heavy atom. The Balaban J connectivity index is 0. The highest BCUT2D eigenvalue weighted by Gasteiger charge is 1.83. The fourth-order valence-electron chi connectivity index (χ4n) is 0.406. The van der Waals surface area contributed by atoms with Crippen LogP contribution in [0.15, 0.2) is 36.5 Å². The molecule has 0 bridgehead atoms.